The minimum absolute atomic E-state index is 0. The molecule has 68 valence electrons. The van der Waals surface area contributed by atoms with Crippen molar-refractivity contribution in [2.75, 3.05) is 0 Å². The van der Waals surface area contributed by atoms with Crippen LogP contribution in [0.5, 0.6) is 0 Å². The van der Waals surface area contributed by atoms with Gasteiger partial charge in [0.15, 0.2) is 0 Å². The molecule has 1 rings (SSSR count). The monoisotopic (exact) mass is 219 g/mol. The molecule has 0 spiro atoms. The second-order valence-electron chi connectivity index (χ2n) is 2.93. The van der Waals surface area contributed by atoms with Crippen LogP contribution in [0.4, 0.5) is 0 Å². The van der Waals surface area contributed by atoms with Crippen LogP contribution in [0, 0.1) is 0 Å². The molecule has 0 saturated heterocycles. The molecule has 0 bridgehead atoms. The zero-order chi connectivity index (χ0) is 8.32. The molecule has 0 aliphatic heterocycles. The fourth-order valence-corrected chi connectivity index (χ4v) is 2.09. The average molecular weight is 219 g/mol. The second-order valence-corrected chi connectivity index (χ2v) is 4.11. The van der Waals surface area contributed by atoms with Gasteiger partial charge in [0.2, 0.25) is 0 Å². The van der Waals surface area contributed by atoms with Crippen molar-refractivity contribution in [1.82, 2.24) is 4.72 Å². The van der Waals surface area contributed by atoms with Crippen LogP contribution < -0.4 is 4.72 Å². The molecule has 2 radical (unpaired) electrons. The van der Waals surface area contributed by atoms with E-state index in [1.54, 1.807) is 0 Å². The van der Waals surface area contributed by atoms with Gasteiger partial charge in [0.05, 0.1) is 0 Å². The van der Waals surface area contributed by atoms with E-state index >= 15 is 0 Å². The van der Waals surface area contributed by atoms with E-state index in [0.717, 1.165) is 25.7 Å². The summed E-state index contributed by atoms with van der Waals surface area (Å²) in [5, 5.41) is 0. The SMILES string of the molecule is O=S(=O)(O)NC1CCCCC1.[Ca]. The van der Waals surface area contributed by atoms with Gasteiger partial charge in [-0.2, -0.15) is 13.1 Å². The maximum absolute atomic E-state index is 10.3. The van der Waals surface area contributed by atoms with Crippen LogP contribution in [-0.2, 0) is 10.3 Å². The van der Waals surface area contributed by atoms with Crippen LogP contribution in [0.25, 0.3) is 0 Å². The number of nitrogens with one attached hydrogen (secondary N) is 1. The summed E-state index contributed by atoms with van der Waals surface area (Å²) in [6, 6.07) is -0.0428. The Labute approximate surface area is 103 Å². The Morgan fingerprint density at radius 1 is 1.17 bits per heavy atom. The van der Waals surface area contributed by atoms with E-state index in [2.05, 4.69) is 4.72 Å². The Hall–Kier alpha value is 1.13. The van der Waals surface area contributed by atoms with Gasteiger partial charge in [-0.05, 0) is 12.8 Å². The molecule has 0 aromatic rings. The van der Waals surface area contributed by atoms with E-state index in [9.17, 15) is 8.42 Å². The number of rotatable bonds is 2. The van der Waals surface area contributed by atoms with Crippen molar-refractivity contribution in [2.24, 2.45) is 0 Å². The molecule has 6 heteroatoms. The fraction of sp³-hybridized carbons (Fsp3) is 1.00. The van der Waals surface area contributed by atoms with Crippen molar-refractivity contribution < 1.29 is 13.0 Å². The molecule has 0 aromatic heterocycles. The Morgan fingerprint density at radius 3 is 2.08 bits per heavy atom. The molecule has 0 aromatic carbocycles. The summed E-state index contributed by atoms with van der Waals surface area (Å²) in [6.45, 7) is 0. The van der Waals surface area contributed by atoms with E-state index < -0.39 is 10.3 Å². The van der Waals surface area contributed by atoms with Crippen molar-refractivity contribution in [2.45, 2.75) is 38.1 Å². The standard InChI is InChI=1S/C6H13NO3S.Ca/c8-11(9,10)7-6-4-2-1-3-5-6;/h6-7H,1-5H2,(H,8,9,10);. The summed E-state index contributed by atoms with van der Waals surface area (Å²) in [6.07, 6.45) is 4.96. The molecule has 4 nitrogen and oxygen atoms in total. The molecule has 1 aliphatic rings. The molecule has 1 aliphatic carbocycles. The fourth-order valence-electron chi connectivity index (χ4n) is 1.43. The van der Waals surface area contributed by atoms with Gasteiger partial charge in [-0.15, -0.1) is 0 Å². The van der Waals surface area contributed by atoms with Crippen LogP contribution >= 0.6 is 0 Å². The van der Waals surface area contributed by atoms with E-state index in [1.807, 2.05) is 0 Å². The molecular formula is C6H13CaNO3S. The van der Waals surface area contributed by atoms with Crippen molar-refractivity contribution in [3.8, 4) is 0 Å². The maximum atomic E-state index is 10.3. The number of hydrogen-bond acceptors (Lipinski definition) is 2. The minimum Gasteiger partial charge on any atom is -0.273 e. The summed E-state index contributed by atoms with van der Waals surface area (Å²) < 4.78 is 31.3. The third kappa shape index (κ3) is 5.72. The predicted octanol–water partition coefficient (Wildman–Crippen LogP) is 0.331. The molecule has 0 atom stereocenters. The zero-order valence-corrected chi connectivity index (χ0v) is 10.0. The Kier molecular flexibility index (Phi) is 6.32. The van der Waals surface area contributed by atoms with Crippen LogP contribution in [0.15, 0.2) is 0 Å². The predicted molar refractivity (Wildman–Crippen MR) is 47.3 cm³/mol. The van der Waals surface area contributed by atoms with Gasteiger partial charge < -0.3 is 0 Å². The van der Waals surface area contributed by atoms with Gasteiger partial charge in [-0.25, -0.2) is 0 Å². The molecule has 0 unspecified atom stereocenters. The average Bonchev–Trinajstić information content (AvgIpc) is 1.85. The largest absolute Gasteiger partial charge is 0.333 e. The van der Waals surface area contributed by atoms with Gasteiger partial charge in [-0.1, -0.05) is 19.3 Å². The van der Waals surface area contributed by atoms with Crippen LogP contribution in [0.2, 0.25) is 0 Å². The third-order valence-corrected chi connectivity index (χ3v) is 2.55. The summed E-state index contributed by atoms with van der Waals surface area (Å²) in [5.41, 5.74) is 0. The third-order valence-electron chi connectivity index (χ3n) is 1.92. The molecular weight excluding hydrogens is 206 g/mol. The molecule has 2 N–H and O–H groups in total. The Morgan fingerprint density at radius 2 is 1.67 bits per heavy atom. The van der Waals surface area contributed by atoms with Gasteiger partial charge in [0, 0.05) is 43.8 Å². The summed E-state index contributed by atoms with van der Waals surface area (Å²) in [7, 11) is -3.97. The van der Waals surface area contributed by atoms with Crippen LogP contribution in [0.1, 0.15) is 32.1 Å². The quantitative estimate of drug-likeness (QED) is 0.519. The molecule has 12 heavy (non-hydrogen) atoms. The normalized spacial score (nSPS) is 20.1. The number of hydrogen-bond donors (Lipinski definition) is 2. The first-order valence-electron chi connectivity index (χ1n) is 3.83. The van der Waals surface area contributed by atoms with Crippen molar-refractivity contribution in [3.63, 3.8) is 0 Å². The zero-order valence-electron chi connectivity index (χ0n) is 6.99. The van der Waals surface area contributed by atoms with Crippen molar-refractivity contribution in [1.29, 1.82) is 0 Å². The Bertz CT molecular complexity index is 211. The van der Waals surface area contributed by atoms with Gasteiger partial charge >= 0.3 is 10.3 Å². The van der Waals surface area contributed by atoms with Gasteiger partial charge in [0.25, 0.3) is 0 Å². The van der Waals surface area contributed by atoms with Gasteiger partial charge in [-0.3, -0.25) is 4.55 Å². The minimum atomic E-state index is -3.97. The van der Waals surface area contributed by atoms with Crippen molar-refractivity contribution in [3.05, 3.63) is 0 Å². The topological polar surface area (TPSA) is 66.4 Å². The first-order valence-corrected chi connectivity index (χ1v) is 5.27. The Balaban J connectivity index is 0.00000121. The molecule has 0 amide bonds. The first-order chi connectivity index (χ1) is 5.08. The maximum Gasteiger partial charge on any atom is 0.333 e. The van der Waals surface area contributed by atoms with Crippen LogP contribution in [-0.4, -0.2) is 56.8 Å². The van der Waals surface area contributed by atoms with E-state index in [-0.39, 0.29) is 43.8 Å². The van der Waals surface area contributed by atoms with E-state index in [1.165, 1.54) is 6.42 Å². The smallest absolute Gasteiger partial charge is 0.273 e. The van der Waals surface area contributed by atoms with E-state index in [0.29, 0.717) is 0 Å². The van der Waals surface area contributed by atoms with Gasteiger partial charge in [0.1, 0.15) is 0 Å². The van der Waals surface area contributed by atoms with Crippen LogP contribution in [0.3, 0.4) is 0 Å². The molecule has 1 fully saturated rings. The van der Waals surface area contributed by atoms with Crippen molar-refractivity contribution >= 4 is 48.0 Å². The summed E-state index contributed by atoms with van der Waals surface area (Å²) in [4.78, 5) is 0. The summed E-state index contributed by atoms with van der Waals surface area (Å²) in [5.74, 6) is 0. The molecule has 1 saturated carbocycles. The molecule has 0 heterocycles. The second kappa shape index (κ2) is 5.78. The summed E-state index contributed by atoms with van der Waals surface area (Å²) >= 11 is 0. The first kappa shape index (κ1) is 13.1. The van der Waals surface area contributed by atoms with E-state index in [4.69, 9.17) is 4.55 Å².